The number of nitrogens with zero attached hydrogens (tertiary/aromatic N) is 2. The Balaban J connectivity index is 1.27. The summed E-state index contributed by atoms with van der Waals surface area (Å²) in [6.45, 7) is 0. The molecule has 34 heavy (non-hydrogen) atoms. The molecule has 0 spiro atoms. The number of rotatable bonds is 7. The minimum Gasteiger partial charge on any atom is -0.457 e. The molecule has 1 heterocycles. The van der Waals surface area contributed by atoms with E-state index in [-0.39, 0.29) is 0 Å². The molecule has 4 aromatic carbocycles. The maximum atomic E-state index is 5.92. The van der Waals surface area contributed by atoms with Crippen LogP contribution in [0.25, 0.3) is 22.9 Å². The second-order valence-electron chi connectivity index (χ2n) is 7.52. The SMILES string of the molecule is CNc1cccc(Oc2ccc(-c3nnc(-c4ccc(Oc5cccc(N)c5)cc4)o3)cc2)c1. The Labute approximate surface area is 196 Å². The van der Waals surface area contributed by atoms with Crippen molar-refractivity contribution in [3.63, 3.8) is 0 Å². The van der Waals surface area contributed by atoms with Crippen LogP contribution in [0.4, 0.5) is 11.4 Å². The summed E-state index contributed by atoms with van der Waals surface area (Å²) in [6.07, 6.45) is 0. The van der Waals surface area contributed by atoms with Crippen molar-refractivity contribution in [2.75, 3.05) is 18.1 Å². The van der Waals surface area contributed by atoms with E-state index in [9.17, 15) is 0 Å². The molecule has 0 aliphatic heterocycles. The summed E-state index contributed by atoms with van der Waals surface area (Å²) in [7, 11) is 1.87. The summed E-state index contributed by atoms with van der Waals surface area (Å²) >= 11 is 0. The fourth-order valence-corrected chi connectivity index (χ4v) is 3.35. The number of hydrogen-bond donors (Lipinski definition) is 2. The third-order valence-electron chi connectivity index (χ3n) is 5.08. The first-order valence-electron chi connectivity index (χ1n) is 10.7. The van der Waals surface area contributed by atoms with Gasteiger partial charge in [-0.3, -0.25) is 0 Å². The van der Waals surface area contributed by atoms with Crippen LogP contribution in [0, 0.1) is 0 Å². The summed E-state index contributed by atoms with van der Waals surface area (Å²) in [5.74, 6) is 3.68. The van der Waals surface area contributed by atoms with Crippen LogP contribution in [0.1, 0.15) is 0 Å². The lowest BCUT2D eigenvalue weighted by molar-refractivity contribution is 0.483. The van der Waals surface area contributed by atoms with Crippen molar-refractivity contribution in [2.24, 2.45) is 0 Å². The Morgan fingerprint density at radius 1 is 0.647 bits per heavy atom. The van der Waals surface area contributed by atoms with Crippen LogP contribution in [-0.4, -0.2) is 17.2 Å². The summed E-state index contributed by atoms with van der Waals surface area (Å²) in [5, 5.41) is 11.5. The highest BCUT2D eigenvalue weighted by Crippen LogP contribution is 2.30. The highest BCUT2D eigenvalue weighted by Gasteiger charge is 2.11. The molecule has 5 aromatic rings. The van der Waals surface area contributed by atoms with Gasteiger partial charge in [0.15, 0.2) is 0 Å². The third-order valence-corrected chi connectivity index (χ3v) is 5.08. The Morgan fingerprint density at radius 2 is 1.18 bits per heavy atom. The molecule has 3 N–H and O–H groups in total. The van der Waals surface area contributed by atoms with E-state index in [1.807, 2.05) is 98.0 Å². The molecule has 7 heteroatoms. The lowest BCUT2D eigenvalue weighted by Gasteiger charge is -2.07. The molecule has 0 unspecified atom stereocenters. The second kappa shape index (κ2) is 9.38. The fraction of sp³-hybridized carbons (Fsp3) is 0.0370. The highest BCUT2D eigenvalue weighted by atomic mass is 16.5. The van der Waals surface area contributed by atoms with Crippen molar-refractivity contribution < 1.29 is 13.9 Å². The largest absolute Gasteiger partial charge is 0.457 e. The quantitative estimate of drug-likeness (QED) is 0.269. The molecule has 0 amide bonds. The third kappa shape index (κ3) is 4.83. The number of ether oxygens (including phenoxy) is 2. The predicted octanol–water partition coefficient (Wildman–Crippen LogP) is 6.61. The molecule has 1 aromatic heterocycles. The highest BCUT2D eigenvalue weighted by molar-refractivity contribution is 5.59. The number of anilines is 2. The maximum Gasteiger partial charge on any atom is 0.248 e. The van der Waals surface area contributed by atoms with E-state index in [4.69, 9.17) is 19.6 Å². The zero-order valence-electron chi connectivity index (χ0n) is 18.4. The molecule has 0 fully saturated rings. The minimum atomic E-state index is 0.426. The van der Waals surface area contributed by atoms with Crippen molar-refractivity contribution in [1.82, 2.24) is 10.2 Å². The molecule has 0 saturated heterocycles. The molecule has 0 radical (unpaired) electrons. The van der Waals surface area contributed by atoms with Crippen LogP contribution in [0.15, 0.2) is 101 Å². The van der Waals surface area contributed by atoms with Crippen LogP contribution in [0.3, 0.4) is 0 Å². The van der Waals surface area contributed by atoms with Gasteiger partial charge in [-0.05, 0) is 72.8 Å². The summed E-state index contributed by atoms with van der Waals surface area (Å²) in [6, 6.07) is 30.0. The van der Waals surface area contributed by atoms with Crippen LogP contribution >= 0.6 is 0 Å². The minimum absolute atomic E-state index is 0.426. The van der Waals surface area contributed by atoms with Gasteiger partial charge in [0.1, 0.15) is 23.0 Å². The average molecular weight is 450 g/mol. The van der Waals surface area contributed by atoms with Gasteiger partial charge in [-0.1, -0.05) is 12.1 Å². The van der Waals surface area contributed by atoms with E-state index in [0.29, 0.717) is 34.7 Å². The first-order valence-corrected chi connectivity index (χ1v) is 10.7. The number of nitrogens with two attached hydrogens (primary N) is 1. The first kappa shape index (κ1) is 21.1. The molecule has 5 rings (SSSR count). The molecule has 7 nitrogen and oxygen atoms in total. The summed E-state index contributed by atoms with van der Waals surface area (Å²) < 4.78 is 17.6. The Kier molecular flexibility index (Phi) is 5.82. The number of benzene rings is 4. The van der Waals surface area contributed by atoms with Crippen molar-refractivity contribution in [1.29, 1.82) is 0 Å². The van der Waals surface area contributed by atoms with E-state index in [1.165, 1.54) is 0 Å². The molecular formula is C27H22N4O3. The number of nitrogen functional groups attached to an aromatic ring is 1. The number of hydrogen-bond acceptors (Lipinski definition) is 7. The van der Waals surface area contributed by atoms with Gasteiger partial charge in [0, 0.05) is 41.7 Å². The van der Waals surface area contributed by atoms with Crippen LogP contribution < -0.4 is 20.5 Å². The van der Waals surface area contributed by atoms with Crippen LogP contribution in [-0.2, 0) is 0 Å². The van der Waals surface area contributed by atoms with Gasteiger partial charge in [0.2, 0.25) is 11.8 Å². The first-order chi connectivity index (χ1) is 16.7. The summed E-state index contributed by atoms with van der Waals surface area (Å²) in [4.78, 5) is 0. The number of nitrogens with one attached hydrogen (secondary N) is 1. The van der Waals surface area contributed by atoms with E-state index >= 15 is 0 Å². The van der Waals surface area contributed by atoms with Gasteiger partial charge >= 0.3 is 0 Å². The predicted molar refractivity (Wildman–Crippen MR) is 132 cm³/mol. The van der Waals surface area contributed by atoms with Crippen LogP contribution in [0.5, 0.6) is 23.0 Å². The van der Waals surface area contributed by atoms with Gasteiger partial charge in [0.25, 0.3) is 0 Å². The average Bonchev–Trinajstić information content (AvgIpc) is 3.35. The van der Waals surface area contributed by atoms with E-state index in [2.05, 4.69) is 15.5 Å². The zero-order valence-corrected chi connectivity index (χ0v) is 18.4. The normalized spacial score (nSPS) is 10.6. The smallest absolute Gasteiger partial charge is 0.248 e. The molecular weight excluding hydrogens is 428 g/mol. The summed E-state index contributed by atoms with van der Waals surface area (Å²) in [5.41, 5.74) is 9.03. The topological polar surface area (TPSA) is 95.4 Å². The molecule has 0 atom stereocenters. The van der Waals surface area contributed by atoms with Gasteiger partial charge in [-0.25, -0.2) is 0 Å². The molecule has 0 saturated carbocycles. The van der Waals surface area contributed by atoms with E-state index in [1.54, 1.807) is 6.07 Å². The Morgan fingerprint density at radius 3 is 1.71 bits per heavy atom. The molecule has 0 bridgehead atoms. The van der Waals surface area contributed by atoms with Crippen molar-refractivity contribution in [3.8, 4) is 45.9 Å². The van der Waals surface area contributed by atoms with Gasteiger partial charge in [-0.2, -0.15) is 0 Å². The second-order valence-corrected chi connectivity index (χ2v) is 7.52. The van der Waals surface area contributed by atoms with Crippen LogP contribution in [0.2, 0.25) is 0 Å². The molecule has 0 aliphatic rings. The fourth-order valence-electron chi connectivity index (χ4n) is 3.35. The van der Waals surface area contributed by atoms with Gasteiger partial charge in [-0.15, -0.1) is 10.2 Å². The lowest BCUT2D eigenvalue weighted by atomic mass is 10.2. The Hall–Kier alpha value is -4.78. The maximum absolute atomic E-state index is 5.92. The van der Waals surface area contributed by atoms with Gasteiger partial charge in [0.05, 0.1) is 0 Å². The lowest BCUT2D eigenvalue weighted by Crippen LogP contribution is -1.89. The number of aromatic nitrogens is 2. The molecule has 168 valence electrons. The van der Waals surface area contributed by atoms with E-state index < -0.39 is 0 Å². The van der Waals surface area contributed by atoms with Crippen molar-refractivity contribution in [3.05, 3.63) is 97.1 Å². The van der Waals surface area contributed by atoms with E-state index in [0.717, 1.165) is 22.6 Å². The standard InChI is InChI=1S/C27H22N4O3/c1-29-21-5-3-7-25(17-21)33-23-14-10-19(11-15-23)27-31-30-26(34-27)18-8-12-22(13-9-18)32-24-6-2-4-20(28)16-24/h2-17,29H,28H2,1H3. The molecule has 0 aliphatic carbocycles. The van der Waals surface area contributed by atoms with Gasteiger partial charge < -0.3 is 24.9 Å². The van der Waals surface area contributed by atoms with Crippen molar-refractivity contribution >= 4 is 11.4 Å². The Bertz CT molecular complexity index is 1400. The zero-order chi connectivity index (χ0) is 23.3. The van der Waals surface area contributed by atoms with Crippen molar-refractivity contribution in [2.45, 2.75) is 0 Å². The monoisotopic (exact) mass is 450 g/mol.